The Morgan fingerprint density at radius 3 is 2.38 bits per heavy atom. The number of nitrogens with one attached hydrogen (secondary N) is 2. The van der Waals surface area contributed by atoms with Crippen LogP contribution < -0.4 is 10.6 Å². The molecule has 1 aromatic rings. The van der Waals surface area contributed by atoms with Crippen molar-refractivity contribution in [3.63, 3.8) is 0 Å². The smallest absolute Gasteiger partial charge is 0.224 e. The molecule has 3 nitrogen and oxygen atoms in total. The zero-order valence-corrected chi connectivity index (χ0v) is 13.3. The first-order chi connectivity index (χ1) is 9.81. The molecule has 0 spiro atoms. The maximum atomic E-state index is 12.0. The van der Waals surface area contributed by atoms with Crippen molar-refractivity contribution in [2.75, 3.05) is 19.6 Å². The summed E-state index contributed by atoms with van der Waals surface area (Å²) in [5.41, 5.74) is 2.56. The number of hydrogen-bond acceptors (Lipinski definition) is 2. The van der Waals surface area contributed by atoms with Crippen LogP contribution in [0.5, 0.6) is 0 Å². The second-order valence-corrected chi connectivity index (χ2v) is 6.19. The average molecular weight is 309 g/mol. The summed E-state index contributed by atoms with van der Waals surface area (Å²) in [5, 5.41) is 6.43. The zero-order valence-electron chi connectivity index (χ0n) is 12.4. The van der Waals surface area contributed by atoms with E-state index in [0.29, 0.717) is 12.3 Å². The fourth-order valence-corrected chi connectivity index (χ4v) is 2.92. The minimum absolute atomic E-state index is 0. The molecule has 1 heterocycles. The predicted molar refractivity (Wildman–Crippen MR) is 88.0 cm³/mol. The topological polar surface area (TPSA) is 41.1 Å². The van der Waals surface area contributed by atoms with Gasteiger partial charge in [-0.15, -0.1) is 12.4 Å². The molecule has 1 aliphatic carbocycles. The molecule has 4 heteroatoms. The minimum Gasteiger partial charge on any atom is -0.356 e. The summed E-state index contributed by atoms with van der Waals surface area (Å²) in [6, 6.07) is 8.59. The van der Waals surface area contributed by atoms with Gasteiger partial charge in [0, 0.05) is 6.54 Å². The van der Waals surface area contributed by atoms with E-state index < -0.39 is 0 Å². The van der Waals surface area contributed by atoms with Gasteiger partial charge in [0.25, 0.3) is 0 Å². The van der Waals surface area contributed by atoms with Crippen molar-refractivity contribution >= 4 is 18.3 Å². The maximum absolute atomic E-state index is 12.0. The average Bonchev–Trinajstić information content (AvgIpc) is 3.32. The molecule has 1 amide bonds. The highest BCUT2D eigenvalue weighted by Gasteiger charge is 2.23. The summed E-state index contributed by atoms with van der Waals surface area (Å²) < 4.78 is 0. The molecule has 0 radical (unpaired) electrons. The van der Waals surface area contributed by atoms with E-state index in [1.54, 1.807) is 0 Å². The summed E-state index contributed by atoms with van der Waals surface area (Å²) in [4.78, 5) is 12.0. The predicted octanol–water partition coefficient (Wildman–Crippen LogP) is 2.64. The molecule has 0 unspecified atom stereocenters. The van der Waals surface area contributed by atoms with E-state index >= 15 is 0 Å². The fourth-order valence-electron chi connectivity index (χ4n) is 2.92. The van der Waals surface area contributed by atoms with Gasteiger partial charge in [-0.1, -0.05) is 24.3 Å². The third kappa shape index (κ3) is 5.01. The second kappa shape index (κ2) is 7.81. The Morgan fingerprint density at radius 1 is 1.10 bits per heavy atom. The lowest BCUT2D eigenvalue weighted by molar-refractivity contribution is -0.120. The van der Waals surface area contributed by atoms with E-state index in [-0.39, 0.29) is 18.3 Å². The van der Waals surface area contributed by atoms with Gasteiger partial charge in [0.05, 0.1) is 6.42 Å². The Morgan fingerprint density at radius 2 is 1.76 bits per heavy atom. The van der Waals surface area contributed by atoms with Crippen molar-refractivity contribution in [2.45, 2.75) is 38.0 Å². The lowest BCUT2D eigenvalue weighted by Crippen LogP contribution is -2.36. The normalized spacial score (nSPS) is 18.9. The molecular weight excluding hydrogens is 284 g/mol. The summed E-state index contributed by atoms with van der Waals surface area (Å²) in [5.74, 6) is 1.60. The van der Waals surface area contributed by atoms with Crippen LogP contribution in [0.25, 0.3) is 0 Å². The van der Waals surface area contributed by atoms with Gasteiger partial charge in [-0.2, -0.15) is 0 Å². The Kier molecular flexibility index (Phi) is 6.07. The van der Waals surface area contributed by atoms with Crippen LogP contribution in [0.15, 0.2) is 24.3 Å². The van der Waals surface area contributed by atoms with Crippen molar-refractivity contribution in [2.24, 2.45) is 5.92 Å². The monoisotopic (exact) mass is 308 g/mol. The van der Waals surface area contributed by atoms with Crippen molar-refractivity contribution in [3.05, 3.63) is 35.4 Å². The van der Waals surface area contributed by atoms with Gasteiger partial charge < -0.3 is 10.6 Å². The molecule has 116 valence electrons. The number of carbonyl (C=O) groups excluding carboxylic acids is 1. The van der Waals surface area contributed by atoms with Crippen molar-refractivity contribution in [3.8, 4) is 0 Å². The molecule has 1 aliphatic heterocycles. The third-order valence-electron chi connectivity index (χ3n) is 4.44. The summed E-state index contributed by atoms with van der Waals surface area (Å²) in [7, 11) is 0. The fraction of sp³-hybridized carbons (Fsp3) is 0.588. The van der Waals surface area contributed by atoms with E-state index in [1.165, 1.54) is 31.2 Å². The van der Waals surface area contributed by atoms with Gasteiger partial charge in [0.1, 0.15) is 0 Å². The molecule has 0 atom stereocenters. The SMILES string of the molecule is Cl.O=C(Cc1ccc(C2CC2)cc1)NCC1CCNCC1. The number of amides is 1. The summed E-state index contributed by atoms with van der Waals surface area (Å²) in [6.07, 6.45) is 5.52. The van der Waals surface area contributed by atoms with E-state index in [0.717, 1.165) is 31.1 Å². The first-order valence-corrected chi connectivity index (χ1v) is 7.87. The van der Waals surface area contributed by atoms with E-state index in [4.69, 9.17) is 0 Å². The summed E-state index contributed by atoms with van der Waals surface area (Å²) in [6.45, 7) is 3.01. The summed E-state index contributed by atoms with van der Waals surface area (Å²) >= 11 is 0. The molecule has 0 aromatic heterocycles. The number of piperidine rings is 1. The molecule has 1 aromatic carbocycles. The molecule has 0 bridgehead atoms. The van der Waals surface area contributed by atoms with Crippen LogP contribution >= 0.6 is 12.4 Å². The molecule has 21 heavy (non-hydrogen) atoms. The second-order valence-electron chi connectivity index (χ2n) is 6.19. The van der Waals surface area contributed by atoms with Crippen LogP contribution in [-0.4, -0.2) is 25.5 Å². The number of hydrogen-bond donors (Lipinski definition) is 2. The van der Waals surface area contributed by atoms with E-state index in [9.17, 15) is 4.79 Å². The Hall–Kier alpha value is -1.06. The van der Waals surface area contributed by atoms with Crippen LogP contribution in [0.3, 0.4) is 0 Å². The van der Waals surface area contributed by atoms with Crippen LogP contribution in [0.1, 0.15) is 42.7 Å². The van der Waals surface area contributed by atoms with Crippen LogP contribution in [0, 0.1) is 5.92 Å². The number of benzene rings is 1. The van der Waals surface area contributed by atoms with Crippen LogP contribution in [0.4, 0.5) is 0 Å². The van der Waals surface area contributed by atoms with Crippen LogP contribution in [0.2, 0.25) is 0 Å². The lowest BCUT2D eigenvalue weighted by Gasteiger charge is -2.22. The quantitative estimate of drug-likeness (QED) is 0.878. The van der Waals surface area contributed by atoms with Crippen molar-refractivity contribution in [1.29, 1.82) is 0 Å². The van der Waals surface area contributed by atoms with Gasteiger partial charge in [-0.3, -0.25) is 4.79 Å². The van der Waals surface area contributed by atoms with E-state index in [2.05, 4.69) is 34.9 Å². The first kappa shape index (κ1) is 16.3. The zero-order chi connectivity index (χ0) is 13.8. The molecule has 1 saturated carbocycles. The third-order valence-corrected chi connectivity index (χ3v) is 4.44. The minimum atomic E-state index is 0. The number of halogens is 1. The highest BCUT2D eigenvalue weighted by Crippen LogP contribution is 2.39. The first-order valence-electron chi connectivity index (χ1n) is 7.87. The Balaban J connectivity index is 0.00000161. The standard InChI is InChI=1S/C17H24N2O.ClH/c20-17(19-12-14-7-9-18-10-8-14)11-13-1-3-15(4-2-13)16-5-6-16;/h1-4,14,16,18H,5-12H2,(H,19,20);1H. The van der Waals surface area contributed by atoms with Gasteiger partial charge in [-0.05, 0) is 61.7 Å². The lowest BCUT2D eigenvalue weighted by atomic mass is 9.98. The molecule has 1 saturated heterocycles. The van der Waals surface area contributed by atoms with Crippen molar-refractivity contribution < 1.29 is 4.79 Å². The van der Waals surface area contributed by atoms with Crippen molar-refractivity contribution in [1.82, 2.24) is 10.6 Å². The largest absolute Gasteiger partial charge is 0.356 e. The van der Waals surface area contributed by atoms with Crippen LogP contribution in [-0.2, 0) is 11.2 Å². The van der Waals surface area contributed by atoms with Gasteiger partial charge in [0.2, 0.25) is 5.91 Å². The molecular formula is C17H25ClN2O. The molecule has 3 rings (SSSR count). The Bertz CT molecular complexity index is 450. The molecule has 2 fully saturated rings. The Labute approximate surface area is 133 Å². The highest BCUT2D eigenvalue weighted by atomic mass is 35.5. The van der Waals surface area contributed by atoms with Gasteiger partial charge in [-0.25, -0.2) is 0 Å². The molecule has 2 aliphatic rings. The maximum Gasteiger partial charge on any atom is 0.224 e. The number of carbonyl (C=O) groups is 1. The number of rotatable bonds is 5. The van der Waals surface area contributed by atoms with E-state index in [1.807, 2.05) is 0 Å². The van der Waals surface area contributed by atoms with Gasteiger partial charge >= 0.3 is 0 Å². The molecule has 2 N–H and O–H groups in total. The highest BCUT2D eigenvalue weighted by molar-refractivity contribution is 5.85. The van der Waals surface area contributed by atoms with Gasteiger partial charge in [0.15, 0.2) is 0 Å².